The zero-order valence-corrected chi connectivity index (χ0v) is 18.6. The van der Waals surface area contributed by atoms with Gasteiger partial charge in [-0.2, -0.15) is 13.8 Å². The highest BCUT2D eigenvalue weighted by molar-refractivity contribution is 6.05. The van der Waals surface area contributed by atoms with Crippen LogP contribution in [0.15, 0.2) is 73.0 Å². The summed E-state index contributed by atoms with van der Waals surface area (Å²) in [5.41, 5.74) is 1.53. The topological polar surface area (TPSA) is 93.2 Å². The number of benzene rings is 1. The molecule has 0 saturated heterocycles. The van der Waals surface area contributed by atoms with Crippen molar-refractivity contribution >= 4 is 17.6 Å². The first kappa shape index (κ1) is 24.2. The monoisotopic (exact) mass is 464 g/mol. The van der Waals surface area contributed by atoms with Gasteiger partial charge in [0, 0.05) is 35.5 Å². The van der Waals surface area contributed by atoms with Crippen LogP contribution >= 0.6 is 0 Å². The van der Waals surface area contributed by atoms with Gasteiger partial charge in [0.1, 0.15) is 17.3 Å². The Kier molecular flexibility index (Phi) is 7.81. The van der Waals surface area contributed by atoms with E-state index >= 15 is 0 Å². The molecule has 0 aliphatic heterocycles. The van der Waals surface area contributed by atoms with E-state index in [2.05, 4.69) is 27.2 Å². The Bertz CT molecular complexity index is 1250. The van der Waals surface area contributed by atoms with Crippen LogP contribution < -0.4 is 15.4 Å². The van der Waals surface area contributed by atoms with Crippen LogP contribution in [0.2, 0.25) is 0 Å². The number of carbonyl (C=O) groups is 2. The van der Waals surface area contributed by atoms with Gasteiger partial charge in [0.15, 0.2) is 0 Å². The Balaban J connectivity index is 1.73. The molecule has 2 heterocycles. The number of amides is 2. The van der Waals surface area contributed by atoms with Crippen molar-refractivity contribution in [2.45, 2.75) is 20.4 Å². The fourth-order valence-corrected chi connectivity index (χ4v) is 3.06. The molecule has 0 aliphatic carbocycles. The first-order valence-electron chi connectivity index (χ1n) is 10.2. The van der Waals surface area contributed by atoms with E-state index in [1.165, 1.54) is 12.3 Å². The van der Waals surface area contributed by atoms with Gasteiger partial charge in [0.2, 0.25) is 11.9 Å². The number of hydrogen-bond acceptors (Lipinski definition) is 5. The number of carbonyl (C=O) groups excluding carboxylic acids is 2. The third kappa shape index (κ3) is 6.10. The average molecular weight is 464 g/mol. The minimum Gasteiger partial charge on any atom is -0.457 e. The van der Waals surface area contributed by atoms with Crippen molar-refractivity contribution in [1.29, 1.82) is 0 Å². The molecule has 3 aromatic rings. The van der Waals surface area contributed by atoms with Crippen molar-refractivity contribution in [2.75, 3.05) is 5.32 Å². The first-order valence-corrected chi connectivity index (χ1v) is 10.2. The third-order valence-electron chi connectivity index (χ3n) is 4.80. The molecule has 0 radical (unpaired) electrons. The van der Waals surface area contributed by atoms with Crippen LogP contribution in [0, 0.1) is 18.8 Å². The summed E-state index contributed by atoms with van der Waals surface area (Å²) in [5.74, 6) is -1.62. The first-order chi connectivity index (χ1) is 16.3. The molecular formula is C25H22F2N4O3. The molecule has 0 atom stereocenters. The number of aromatic nitrogens is 2. The summed E-state index contributed by atoms with van der Waals surface area (Å²) in [6.45, 7) is 6.95. The van der Waals surface area contributed by atoms with E-state index in [0.717, 1.165) is 12.1 Å². The highest BCUT2D eigenvalue weighted by Crippen LogP contribution is 2.28. The molecule has 0 saturated carbocycles. The summed E-state index contributed by atoms with van der Waals surface area (Å²) < 4.78 is 32.4. The van der Waals surface area contributed by atoms with E-state index in [-0.39, 0.29) is 23.8 Å². The zero-order chi connectivity index (χ0) is 24.7. The average Bonchev–Trinajstić information content (AvgIpc) is 2.79. The minimum absolute atomic E-state index is 0.0773. The standard InChI is InChI=1S/C25H22F2N4O3/c1-4-17(5-2)24(32)31-23-13-18(9-10-28-23)34-20-8-6-7-19(15(20)3)25(33)29-14-16-11-21(26)30-22(27)12-16/h4-13H,1,14H2,2-3H3,(H,29,33)(H,28,31,32)/b17-5+. The maximum Gasteiger partial charge on any atom is 0.256 e. The lowest BCUT2D eigenvalue weighted by molar-refractivity contribution is -0.112. The Hall–Kier alpha value is -4.40. The maximum absolute atomic E-state index is 13.3. The van der Waals surface area contributed by atoms with E-state index in [0.29, 0.717) is 28.2 Å². The molecule has 2 N–H and O–H groups in total. The predicted octanol–water partition coefficient (Wildman–Crippen LogP) is 4.86. The number of nitrogens with one attached hydrogen (secondary N) is 2. The number of pyridine rings is 2. The SMILES string of the molecule is C=C/C(=C\C)C(=O)Nc1cc(Oc2cccc(C(=O)NCc3cc(F)nc(F)c3)c2C)ccn1. The van der Waals surface area contributed by atoms with Crippen molar-refractivity contribution in [1.82, 2.24) is 15.3 Å². The zero-order valence-electron chi connectivity index (χ0n) is 18.6. The van der Waals surface area contributed by atoms with Crippen LogP contribution in [0.25, 0.3) is 0 Å². The van der Waals surface area contributed by atoms with E-state index in [1.54, 1.807) is 50.3 Å². The van der Waals surface area contributed by atoms with Crippen molar-refractivity contribution in [3.63, 3.8) is 0 Å². The number of anilines is 1. The van der Waals surface area contributed by atoms with E-state index in [1.807, 2.05) is 0 Å². The summed E-state index contributed by atoms with van der Waals surface area (Å²) in [5, 5.41) is 5.29. The normalized spacial score (nSPS) is 11.0. The molecule has 34 heavy (non-hydrogen) atoms. The highest BCUT2D eigenvalue weighted by atomic mass is 19.1. The highest BCUT2D eigenvalue weighted by Gasteiger charge is 2.14. The van der Waals surface area contributed by atoms with Gasteiger partial charge in [0.25, 0.3) is 11.8 Å². The van der Waals surface area contributed by atoms with E-state index in [4.69, 9.17) is 4.74 Å². The quantitative estimate of drug-likeness (QED) is 0.282. The molecule has 0 spiro atoms. The fraction of sp³-hybridized carbons (Fsp3) is 0.120. The van der Waals surface area contributed by atoms with Crippen LogP contribution in [0.4, 0.5) is 14.6 Å². The molecule has 0 aliphatic rings. The number of ether oxygens (including phenoxy) is 1. The van der Waals surface area contributed by atoms with Gasteiger partial charge in [-0.25, -0.2) is 4.98 Å². The second-order valence-electron chi connectivity index (χ2n) is 7.11. The molecule has 2 aromatic heterocycles. The molecule has 1 aromatic carbocycles. The second-order valence-corrected chi connectivity index (χ2v) is 7.11. The molecule has 9 heteroatoms. The van der Waals surface area contributed by atoms with Crippen LogP contribution in [-0.4, -0.2) is 21.8 Å². The number of allylic oxidation sites excluding steroid dienone is 1. The van der Waals surface area contributed by atoms with Gasteiger partial charge in [-0.3, -0.25) is 9.59 Å². The second kappa shape index (κ2) is 11.0. The van der Waals surface area contributed by atoms with Gasteiger partial charge < -0.3 is 15.4 Å². The van der Waals surface area contributed by atoms with Gasteiger partial charge in [-0.1, -0.05) is 24.8 Å². The molecule has 0 bridgehead atoms. The van der Waals surface area contributed by atoms with Gasteiger partial charge in [-0.15, -0.1) is 0 Å². The fourth-order valence-electron chi connectivity index (χ4n) is 3.06. The van der Waals surface area contributed by atoms with Crippen LogP contribution in [0.3, 0.4) is 0 Å². The lowest BCUT2D eigenvalue weighted by Gasteiger charge is -2.13. The lowest BCUT2D eigenvalue weighted by atomic mass is 10.1. The minimum atomic E-state index is -0.963. The van der Waals surface area contributed by atoms with Gasteiger partial charge in [-0.05, 0) is 49.7 Å². The number of rotatable bonds is 8. The van der Waals surface area contributed by atoms with Crippen molar-refractivity contribution in [3.05, 3.63) is 102 Å². The van der Waals surface area contributed by atoms with E-state index in [9.17, 15) is 18.4 Å². The Morgan fingerprint density at radius 2 is 1.88 bits per heavy atom. The molecule has 0 unspecified atom stereocenters. The molecule has 2 amide bonds. The third-order valence-corrected chi connectivity index (χ3v) is 4.80. The van der Waals surface area contributed by atoms with Crippen LogP contribution in [0.5, 0.6) is 11.5 Å². The predicted molar refractivity (Wildman–Crippen MR) is 123 cm³/mol. The van der Waals surface area contributed by atoms with Crippen LogP contribution in [-0.2, 0) is 11.3 Å². The lowest BCUT2D eigenvalue weighted by Crippen LogP contribution is -2.24. The smallest absolute Gasteiger partial charge is 0.256 e. The number of halogens is 2. The largest absolute Gasteiger partial charge is 0.457 e. The molecule has 174 valence electrons. The molecular weight excluding hydrogens is 442 g/mol. The van der Waals surface area contributed by atoms with Crippen LogP contribution in [0.1, 0.15) is 28.4 Å². The summed E-state index contributed by atoms with van der Waals surface area (Å²) in [4.78, 5) is 32.0. The summed E-state index contributed by atoms with van der Waals surface area (Å²) in [6, 6.07) is 10.2. The Labute approximate surface area is 195 Å². The van der Waals surface area contributed by atoms with Crippen molar-refractivity contribution in [3.8, 4) is 11.5 Å². The Morgan fingerprint density at radius 1 is 1.15 bits per heavy atom. The summed E-state index contributed by atoms with van der Waals surface area (Å²) in [6.07, 6.45) is 4.55. The number of hydrogen-bond donors (Lipinski definition) is 2. The molecule has 7 nitrogen and oxygen atoms in total. The summed E-state index contributed by atoms with van der Waals surface area (Å²) in [7, 11) is 0. The molecule has 3 rings (SSSR count). The van der Waals surface area contributed by atoms with Gasteiger partial charge >= 0.3 is 0 Å². The van der Waals surface area contributed by atoms with E-state index < -0.39 is 17.8 Å². The maximum atomic E-state index is 13.3. The molecule has 0 fully saturated rings. The van der Waals surface area contributed by atoms with Crippen molar-refractivity contribution in [2.24, 2.45) is 0 Å². The Morgan fingerprint density at radius 3 is 2.56 bits per heavy atom. The van der Waals surface area contributed by atoms with Gasteiger partial charge in [0.05, 0.1) is 0 Å². The summed E-state index contributed by atoms with van der Waals surface area (Å²) >= 11 is 0. The number of nitrogens with zero attached hydrogens (tertiary/aromatic N) is 2. The van der Waals surface area contributed by atoms with Crippen molar-refractivity contribution < 1.29 is 23.1 Å².